The number of para-hydroxylation sites is 2. The van der Waals surface area contributed by atoms with Crippen molar-refractivity contribution in [1.82, 2.24) is 0 Å². The standard InChI is InChI=1S/C58H51NO2/c1-37-32-42-34-38(2)35-43(33-37)57(42)51-31-30-45(36-56(51)60-53-23-10-4-14-39(53)3)59(52-22-12-16-40-15-5-6-18-47(40)52)44-28-26-41(27-29-44)46-17-7-8-19-48(46)49-21-13-25-55-58(49)50-20-9-11-24-54(50)61-55/h4-31,36-38,42-43,57H,32-35H2,1-3H3. The number of nitrogens with zero attached hydrogens (tertiary/aromatic N) is 1. The molecule has 0 aliphatic heterocycles. The van der Waals surface area contributed by atoms with Crippen molar-refractivity contribution >= 4 is 49.8 Å². The molecule has 1 heterocycles. The minimum Gasteiger partial charge on any atom is -0.457 e. The van der Waals surface area contributed by atoms with Crippen molar-refractivity contribution in [1.29, 1.82) is 0 Å². The molecule has 8 aromatic carbocycles. The molecule has 2 fully saturated rings. The fourth-order valence-electron chi connectivity index (χ4n) is 11.3. The molecule has 0 N–H and O–H groups in total. The van der Waals surface area contributed by atoms with Gasteiger partial charge in [-0.3, -0.25) is 0 Å². The van der Waals surface area contributed by atoms with Crippen LogP contribution in [0.3, 0.4) is 0 Å². The first-order valence-electron chi connectivity index (χ1n) is 22.2. The fourth-order valence-corrected chi connectivity index (χ4v) is 11.3. The monoisotopic (exact) mass is 793 g/mol. The second kappa shape index (κ2) is 15.5. The molecule has 0 saturated heterocycles. The van der Waals surface area contributed by atoms with Gasteiger partial charge in [0.2, 0.25) is 0 Å². The Hall–Kier alpha value is -6.58. The molecular weight excluding hydrogens is 743 g/mol. The molecular formula is C58H51NO2. The van der Waals surface area contributed by atoms with Crippen LogP contribution >= 0.6 is 0 Å². The van der Waals surface area contributed by atoms with Gasteiger partial charge in [0.1, 0.15) is 22.7 Å². The van der Waals surface area contributed by atoms with Crippen LogP contribution in [-0.4, -0.2) is 0 Å². The van der Waals surface area contributed by atoms with Gasteiger partial charge in [-0.05, 0) is 143 Å². The fraction of sp³-hybridized carbons (Fsp3) is 0.207. The zero-order valence-electron chi connectivity index (χ0n) is 35.2. The summed E-state index contributed by atoms with van der Waals surface area (Å²) < 4.78 is 13.4. The maximum atomic E-state index is 7.11. The molecule has 2 saturated carbocycles. The van der Waals surface area contributed by atoms with E-state index < -0.39 is 0 Å². The van der Waals surface area contributed by atoms with E-state index in [0.29, 0.717) is 17.8 Å². The van der Waals surface area contributed by atoms with Crippen LogP contribution in [0.4, 0.5) is 17.1 Å². The van der Waals surface area contributed by atoms with Crippen LogP contribution in [0.5, 0.6) is 11.5 Å². The molecule has 9 aromatic rings. The van der Waals surface area contributed by atoms with E-state index in [-0.39, 0.29) is 0 Å². The zero-order chi connectivity index (χ0) is 41.0. The molecule has 2 bridgehead atoms. The Morgan fingerprint density at radius 2 is 1.11 bits per heavy atom. The number of anilines is 3. The lowest BCUT2D eigenvalue weighted by Crippen LogP contribution is -2.37. The smallest absolute Gasteiger partial charge is 0.136 e. The number of aryl methyl sites for hydroxylation is 1. The van der Waals surface area contributed by atoms with E-state index in [9.17, 15) is 0 Å². The van der Waals surface area contributed by atoms with Crippen molar-refractivity contribution in [3.05, 3.63) is 187 Å². The van der Waals surface area contributed by atoms with Gasteiger partial charge >= 0.3 is 0 Å². The van der Waals surface area contributed by atoms with Crippen molar-refractivity contribution < 1.29 is 9.15 Å². The summed E-state index contributed by atoms with van der Waals surface area (Å²) in [6.07, 6.45) is 5.18. The van der Waals surface area contributed by atoms with Crippen molar-refractivity contribution in [2.75, 3.05) is 4.90 Å². The summed E-state index contributed by atoms with van der Waals surface area (Å²) in [5.74, 6) is 5.29. The lowest BCUT2D eigenvalue weighted by molar-refractivity contribution is 0.0784. The van der Waals surface area contributed by atoms with Crippen LogP contribution in [0.25, 0.3) is 55.0 Å². The maximum absolute atomic E-state index is 7.11. The van der Waals surface area contributed by atoms with Gasteiger partial charge in [0.05, 0.1) is 5.69 Å². The number of hydrogen-bond donors (Lipinski definition) is 0. The van der Waals surface area contributed by atoms with Gasteiger partial charge in [0, 0.05) is 33.6 Å². The molecule has 0 amide bonds. The van der Waals surface area contributed by atoms with Crippen molar-refractivity contribution in [2.24, 2.45) is 23.7 Å². The van der Waals surface area contributed by atoms with Gasteiger partial charge in [-0.15, -0.1) is 0 Å². The van der Waals surface area contributed by atoms with E-state index in [2.05, 4.69) is 196 Å². The zero-order valence-corrected chi connectivity index (χ0v) is 35.2. The Bertz CT molecular complexity index is 3010. The average Bonchev–Trinajstić information content (AvgIpc) is 3.67. The molecule has 11 rings (SSSR count). The summed E-state index contributed by atoms with van der Waals surface area (Å²) in [7, 11) is 0. The van der Waals surface area contributed by atoms with Gasteiger partial charge in [0.25, 0.3) is 0 Å². The first-order valence-corrected chi connectivity index (χ1v) is 22.2. The molecule has 0 unspecified atom stereocenters. The number of rotatable bonds is 8. The van der Waals surface area contributed by atoms with Gasteiger partial charge in [-0.2, -0.15) is 0 Å². The molecule has 3 nitrogen and oxygen atoms in total. The number of hydrogen-bond acceptors (Lipinski definition) is 3. The molecule has 2 aliphatic carbocycles. The Balaban J connectivity index is 1.05. The minimum atomic E-state index is 0.497. The highest BCUT2D eigenvalue weighted by Gasteiger charge is 2.43. The Labute approximate surface area is 359 Å². The molecule has 300 valence electrons. The Morgan fingerprint density at radius 3 is 1.90 bits per heavy atom. The Morgan fingerprint density at radius 1 is 0.508 bits per heavy atom. The summed E-state index contributed by atoms with van der Waals surface area (Å²) in [6, 6.07) is 63.6. The van der Waals surface area contributed by atoms with E-state index in [0.717, 1.165) is 73.5 Å². The van der Waals surface area contributed by atoms with Crippen LogP contribution in [0.15, 0.2) is 180 Å². The molecule has 61 heavy (non-hydrogen) atoms. The minimum absolute atomic E-state index is 0.497. The molecule has 2 aliphatic rings. The SMILES string of the molecule is Cc1ccccc1Oc1cc(N(c2ccc(-c3ccccc3-c3cccc4oc5ccccc5c34)cc2)c2cccc3ccccc23)ccc1C1C2CC(C)CC1CC(C)C2. The number of ether oxygens (including phenoxy) is 1. The van der Waals surface area contributed by atoms with Gasteiger partial charge < -0.3 is 14.1 Å². The summed E-state index contributed by atoms with van der Waals surface area (Å²) in [4.78, 5) is 2.43. The lowest BCUT2D eigenvalue weighted by Gasteiger charge is -2.48. The highest BCUT2D eigenvalue weighted by molar-refractivity contribution is 6.13. The van der Waals surface area contributed by atoms with Crippen molar-refractivity contribution in [3.63, 3.8) is 0 Å². The topological polar surface area (TPSA) is 25.6 Å². The van der Waals surface area contributed by atoms with Crippen molar-refractivity contribution in [3.8, 4) is 33.8 Å². The predicted octanol–water partition coefficient (Wildman–Crippen LogP) is 16.8. The van der Waals surface area contributed by atoms with Crippen molar-refractivity contribution in [2.45, 2.75) is 52.4 Å². The molecule has 0 atom stereocenters. The third kappa shape index (κ3) is 6.77. The van der Waals surface area contributed by atoms with E-state index >= 15 is 0 Å². The summed E-state index contributed by atoms with van der Waals surface area (Å²) in [5, 5.41) is 4.70. The Kier molecular flexibility index (Phi) is 9.49. The first-order chi connectivity index (χ1) is 30.0. The molecule has 1 aromatic heterocycles. The van der Waals surface area contributed by atoms with Crippen LogP contribution in [0, 0.1) is 30.6 Å². The van der Waals surface area contributed by atoms with E-state index in [1.54, 1.807) is 0 Å². The second-order valence-electron chi connectivity index (χ2n) is 18.0. The quantitative estimate of drug-likeness (QED) is 0.153. The molecule has 0 radical (unpaired) electrons. The van der Waals surface area contributed by atoms with Gasteiger partial charge in [0.15, 0.2) is 0 Å². The van der Waals surface area contributed by atoms with E-state index in [1.165, 1.54) is 58.7 Å². The first kappa shape index (κ1) is 37.4. The highest BCUT2D eigenvalue weighted by Crippen LogP contribution is 2.56. The summed E-state index contributed by atoms with van der Waals surface area (Å²) >= 11 is 0. The van der Waals surface area contributed by atoms with E-state index in [4.69, 9.17) is 9.15 Å². The largest absolute Gasteiger partial charge is 0.457 e. The van der Waals surface area contributed by atoms with Crippen LogP contribution in [0.1, 0.15) is 56.6 Å². The van der Waals surface area contributed by atoms with Crippen LogP contribution in [0.2, 0.25) is 0 Å². The van der Waals surface area contributed by atoms with E-state index in [1.807, 2.05) is 6.07 Å². The maximum Gasteiger partial charge on any atom is 0.136 e. The summed E-state index contributed by atoms with van der Waals surface area (Å²) in [6.45, 7) is 7.08. The molecule has 3 heteroatoms. The van der Waals surface area contributed by atoms with Gasteiger partial charge in [-0.25, -0.2) is 0 Å². The van der Waals surface area contributed by atoms with Crippen LogP contribution in [-0.2, 0) is 0 Å². The number of fused-ring (bicyclic) bond motifs is 6. The number of furan rings is 1. The predicted molar refractivity (Wildman–Crippen MR) is 255 cm³/mol. The third-order valence-electron chi connectivity index (χ3n) is 13.8. The van der Waals surface area contributed by atoms with Gasteiger partial charge in [-0.1, -0.05) is 141 Å². The lowest BCUT2D eigenvalue weighted by atomic mass is 9.57. The second-order valence-corrected chi connectivity index (χ2v) is 18.0. The van der Waals surface area contributed by atoms with Crippen LogP contribution < -0.4 is 9.64 Å². The molecule has 0 spiro atoms. The highest BCUT2D eigenvalue weighted by atomic mass is 16.5. The average molecular weight is 794 g/mol. The summed E-state index contributed by atoms with van der Waals surface area (Å²) in [5.41, 5.74) is 12.3. The normalized spacial score (nSPS) is 20.0. The third-order valence-corrected chi connectivity index (χ3v) is 13.8. The number of benzene rings is 8.